The number of piperidine rings is 1. The van der Waals surface area contributed by atoms with Gasteiger partial charge in [-0.2, -0.15) is 0 Å². The van der Waals surface area contributed by atoms with Gasteiger partial charge in [-0.05, 0) is 54.6 Å². The number of hydrogen-bond donors (Lipinski definition) is 0. The van der Waals surface area contributed by atoms with Crippen LogP contribution in [0.25, 0.3) is 0 Å². The lowest BCUT2D eigenvalue weighted by Crippen LogP contribution is -2.40. The highest BCUT2D eigenvalue weighted by atomic mass is 79.9. The van der Waals surface area contributed by atoms with E-state index in [1.807, 2.05) is 21.7 Å². The third kappa shape index (κ3) is 3.44. The highest BCUT2D eigenvalue weighted by Crippen LogP contribution is 2.23. The molecule has 0 N–H and O–H groups in total. The van der Waals surface area contributed by atoms with E-state index in [2.05, 4.69) is 29.8 Å². The van der Waals surface area contributed by atoms with Crippen LogP contribution in [0, 0.1) is 5.92 Å². The summed E-state index contributed by atoms with van der Waals surface area (Å²) >= 11 is 3.47. The molecular weight excluding hydrogens is 320 g/mol. The molecule has 0 aromatic carbocycles. The zero-order valence-corrected chi connectivity index (χ0v) is 14.0. The van der Waals surface area contributed by atoms with Crippen molar-refractivity contribution in [3.8, 4) is 0 Å². The van der Waals surface area contributed by atoms with E-state index >= 15 is 0 Å². The third-order valence-corrected chi connectivity index (χ3v) is 4.33. The van der Waals surface area contributed by atoms with E-state index in [1.54, 1.807) is 7.11 Å². The lowest BCUT2D eigenvalue weighted by molar-refractivity contribution is 0.0602. The molecule has 1 fully saturated rings. The number of carbonyl (C=O) groups is 1. The Balaban J connectivity index is 2.05. The SMILES string of the molecule is COCC1CCN(C(=O)c2cc(Br)cn2C(C)C)CC1. The zero-order chi connectivity index (χ0) is 14.7. The number of nitrogens with zero attached hydrogens (tertiary/aromatic N) is 2. The smallest absolute Gasteiger partial charge is 0.270 e. The second kappa shape index (κ2) is 6.76. The van der Waals surface area contributed by atoms with Crippen LogP contribution in [0.2, 0.25) is 0 Å². The van der Waals surface area contributed by atoms with E-state index in [4.69, 9.17) is 4.74 Å². The summed E-state index contributed by atoms with van der Waals surface area (Å²) < 4.78 is 8.20. The highest BCUT2D eigenvalue weighted by Gasteiger charge is 2.26. The number of ether oxygens (including phenoxy) is 1. The quantitative estimate of drug-likeness (QED) is 0.840. The number of amides is 1. The van der Waals surface area contributed by atoms with Crippen molar-refractivity contribution in [1.82, 2.24) is 9.47 Å². The lowest BCUT2D eigenvalue weighted by atomic mass is 9.97. The molecule has 2 heterocycles. The largest absolute Gasteiger partial charge is 0.384 e. The molecule has 0 atom stereocenters. The van der Waals surface area contributed by atoms with Crippen molar-refractivity contribution in [2.24, 2.45) is 5.92 Å². The standard InChI is InChI=1S/C15H23BrN2O2/c1-11(2)18-9-13(16)8-14(18)15(19)17-6-4-12(5-7-17)10-20-3/h8-9,11-12H,4-7,10H2,1-3H3. The molecule has 1 aliphatic rings. The summed E-state index contributed by atoms with van der Waals surface area (Å²) in [7, 11) is 1.74. The van der Waals surface area contributed by atoms with Crippen molar-refractivity contribution < 1.29 is 9.53 Å². The van der Waals surface area contributed by atoms with Crippen LogP contribution in [-0.2, 0) is 4.74 Å². The summed E-state index contributed by atoms with van der Waals surface area (Å²) in [6, 6.07) is 2.20. The molecule has 0 aliphatic carbocycles. The molecule has 0 radical (unpaired) electrons. The van der Waals surface area contributed by atoms with Gasteiger partial charge in [-0.1, -0.05) is 0 Å². The van der Waals surface area contributed by atoms with Gasteiger partial charge in [0.15, 0.2) is 0 Å². The van der Waals surface area contributed by atoms with Gasteiger partial charge in [0.25, 0.3) is 5.91 Å². The van der Waals surface area contributed by atoms with E-state index in [-0.39, 0.29) is 11.9 Å². The van der Waals surface area contributed by atoms with Crippen molar-refractivity contribution in [3.63, 3.8) is 0 Å². The molecule has 1 aliphatic heterocycles. The molecule has 1 aromatic heterocycles. The molecule has 5 heteroatoms. The average Bonchev–Trinajstić information content (AvgIpc) is 2.81. The van der Waals surface area contributed by atoms with Gasteiger partial charge in [0.05, 0.1) is 0 Å². The summed E-state index contributed by atoms with van der Waals surface area (Å²) in [5.74, 6) is 0.730. The minimum atomic E-state index is 0.139. The van der Waals surface area contributed by atoms with Crippen LogP contribution in [0.1, 0.15) is 43.2 Å². The molecule has 0 saturated carbocycles. The number of halogens is 1. The Morgan fingerprint density at radius 2 is 2.10 bits per heavy atom. The van der Waals surface area contributed by atoms with Crippen molar-refractivity contribution in [2.75, 3.05) is 26.8 Å². The second-order valence-electron chi connectivity index (χ2n) is 5.74. The molecule has 1 saturated heterocycles. The molecule has 0 spiro atoms. The molecular formula is C15H23BrN2O2. The van der Waals surface area contributed by atoms with E-state index in [9.17, 15) is 4.79 Å². The second-order valence-corrected chi connectivity index (χ2v) is 6.65. The predicted octanol–water partition coefficient (Wildman–Crippen LogP) is 3.33. The topological polar surface area (TPSA) is 34.5 Å². The van der Waals surface area contributed by atoms with Gasteiger partial charge in [-0.25, -0.2) is 0 Å². The molecule has 1 amide bonds. The highest BCUT2D eigenvalue weighted by molar-refractivity contribution is 9.10. The van der Waals surface area contributed by atoms with Crippen LogP contribution in [-0.4, -0.2) is 42.2 Å². The Morgan fingerprint density at radius 1 is 1.45 bits per heavy atom. The van der Waals surface area contributed by atoms with E-state index in [0.29, 0.717) is 5.92 Å². The Hall–Kier alpha value is -0.810. The van der Waals surface area contributed by atoms with E-state index < -0.39 is 0 Å². The number of likely N-dealkylation sites (tertiary alicyclic amines) is 1. The van der Waals surface area contributed by atoms with Crippen molar-refractivity contribution in [3.05, 3.63) is 22.4 Å². The first-order valence-electron chi connectivity index (χ1n) is 7.18. The summed E-state index contributed by atoms with van der Waals surface area (Å²) in [4.78, 5) is 14.6. The first-order chi connectivity index (χ1) is 9.52. The molecule has 20 heavy (non-hydrogen) atoms. The van der Waals surface area contributed by atoms with Crippen LogP contribution < -0.4 is 0 Å². The maximum absolute atomic E-state index is 12.7. The number of rotatable bonds is 4. The molecule has 0 bridgehead atoms. The molecule has 0 unspecified atom stereocenters. The fourth-order valence-corrected chi connectivity index (χ4v) is 3.18. The van der Waals surface area contributed by atoms with Crippen molar-refractivity contribution in [1.29, 1.82) is 0 Å². The predicted molar refractivity (Wildman–Crippen MR) is 83.0 cm³/mol. The fraction of sp³-hybridized carbons (Fsp3) is 0.667. The lowest BCUT2D eigenvalue weighted by Gasteiger charge is -2.32. The van der Waals surface area contributed by atoms with E-state index in [0.717, 1.165) is 42.7 Å². The minimum absolute atomic E-state index is 0.139. The Bertz CT molecular complexity index is 462. The first kappa shape index (κ1) is 15.6. The molecule has 112 valence electrons. The summed E-state index contributed by atoms with van der Waals surface area (Å²) in [5, 5.41) is 0. The number of hydrogen-bond acceptors (Lipinski definition) is 2. The maximum atomic E-state index is 12.7. The van der Waals surface area contributed by atoms with Crippen molar-refractivity contribution in [2.45, 2.75) is 32.7 Å². The van der Waals surface area contributed by atoms with Crippen LogP contribution in [0.3, 0.4) is 0 Å². The van der Waals surface area contributed by atoms with Gasteiger partial charge in [0.2, 0.25) is 0 Å². The third-order valence-electron chi connectivity index (χ3n) is 3.89. The minimum Gasteiger partial charge on any atom is -0.384 e. The normalized spacial score (nSPS) is 16.9. The molecule has 4 nitrogen and oxygen atoms in total. The molecule has 1 aromatic rings. The maximum Gasteiger partial charge on any atom is 0.270 e. The van der Waals surface area contributed by atoms with Gasteiger partial charge >= 0.3 is 0 Å². The van der Waals surface area contributed by atoms with Gasteiger partial charge in [0, 0.05) is 43.5 Å². The van der Waals surface area contributed by atoms with Crippen LogP contribution in [0.5, 0.6) is 0 Å². The van der Waals surface area contributed by atoms with Crippen molar-refractivity contribution >= 4 is 21.8 Å². The number of aromatic nitrogens is 1. The zero-order valence-electron chi connectivity index (χ0n) is 12.4. The first-order valence-corrected chi connectivity index (χ1v) is 7.97. The average molecular weight is 343 g/mol. The fourth-order valence-electron chi connectivity index (χ4n) is 2.74. The summed E-state index contributed by atoms with van der Waals surface area (Å²) in [6.07, 6.45) is 4.04. The Kier molecular flexibility index (Phi) is 5.27. The van der Waals surface area contributed by atoms with Gasteiger partial charge in [-0.15, -0.1) is 0 Å². The van der Waals surface area contributed by atoms with Crippen LogP contribution >= 0.6 is 15.9 Å². The van der Waals surface area contributed by atoms with Crippen LogP contribution in [0.15, 0.2) is 16.7 Å². The molecule has 2 rings (SSSR count). The Morgan fingerprint density at radius 3 is 2.65 bits per heavy atom. The van der Waals surface area contributed by atoms with Crippen LogP contribution in [0.4, 0.5) is 0 Å². The summed E-state index contributed by atoms with van der Waals surface area (Å²) in [6.45, 7) is 6.64. The monoisotopic (exact) mass is 342 g/mol. The van der Waals surface area contributed by atoms with Gasteiger partial charge < -0.3 is 14.2 Å². The Labute approximate surface area is 129 Å². The summed E-state index contributed by atoms with van der Waals surface area (Å²) in [5.41, 5.74) is 0.775. The van der Waals surface area contributed by atoms with Gasteiger partial charge in [-0.3, -0.25) is 4.79 Å². The van der Waals surface area contributed by atoms with Gasteiger partial charge in [0.1, 0.15) is 5.69 Å². The number of carbonyl (C=O) groups excluding carboxylic acids is 1. The number of methoxy groups -OCH3 is 1. The van der Waals surface area contributed by atoms with E-state index in [1.165, 1.54) is 0 Å².